The van der Waals surface area contributed by atoms with E-state index in [9.17, 15) is 9.90 Å². The molecule has 0 aliphatic rings. The molecule has 0 unspecified atom stereocenters. The van der Waals surface area contributed by atoms with E-state index in [1.165, 1.54) is 0 Å². The van der Waals surface area contributed by atoms with Crippen LogP contribution in [-0.2, 0) is 19.1 Å². The van der Waals surface area contributed by atoms with Crippen molar-refractivity contribution in [2.75, 3.05) is 6.54 Å². The van der Waals surface area contributed by atoms with Gasteiger partial charge < -0.3 is 15.0 Å². The third-order valence-electron chi connectivity index (χ3n) is 4.46. The van der Waals surface area contributed by atoms with Crippen molar-refractivity contribution in [2.24, 2.45) is 7.05 Å². The van der Waals surface area contributed by atoms with Gasteiger partial charge in [-0.2, -0.15) is 0 Å². The average Bonchev–Trinajstić information content (AvgIpc) is 3.06. The SMILES string of the molecule is Cn1ccnc1CCNC(=O)c1cccc(-c2cncc(C(C)(C)O)c2)c1. The molecule has 140 valence electrons. The highest BCUT2D eigenvalue weighted by molar-refractivity contribution is 5.95. The molecule has 3 aromatic rings. The van der Waals surface area contributed by atoms with E-state index in [-0.39, 0.29) is 5.91 Å². The molecule has 0 atom stereocenters. The molecule has 2 N–H and O–H groups in total. The molecule has 6 nitrogen and oxygen atoms in total. The topological polar surface area (TPSA) is 80.0 Å². The fraction of sp³-hybridized carbons (Fsp3) is 0.286. The van der Waals surface area contributed by atoms with Crippen LogP contribution in [0.1, 0.15) is 35.6 Å². The molecule has 27 heavy (non-hydrogen) atoms. The summed E-state index contributed by atoms with van der Waals surface area (Å²) in [5, 5.41) is 13.1. The lowest BCUT2D eigenvalue weighted by atomic mass is 9.96. The third kappa shape index (κ3) is 4.60. The fourth-order valence-electron chi connectivity index (χ4n) is 2.80. The number of aryl methyl sites for hydroxylation is 1. The minimum absolute atomic E-state index is 0.127. The summed E-state index contributed by atoms with van der Waals surface area (Å²) in [4.78, 5) is 20.9. The molecule has 3 rings (SSSR count). The number of aromatic nitrogens is 3. The Morgan fingerprint density at radius 2 is 2.04 bits per heavy atom. The molecule has 1 aromatic carbocycles. The Labute approximate surface area is 158 Å². The van der Waals surface area contributed by atoms with Gasteiger partial charge in [-0.25, -0.2) is 4.98 Å². The number of aliphatic hydroxyl groups is 1. The molecule has 2 heterocycles. The van der Waals surface area contributed by atoms with E-state index in [2.05, 4.69) is 15.3 Å². The molecular weight excluding hydrogens is 340 g/mol. The molecular formula is C21H24N4O2. The number of imidazole rings is 1. The number of rotatable bonds is 6. The molecule has 2 aromatic heterocycles. The third-order valence-corrected chi connectivity index (χ3v) is 4.46. The first kappa shape index (κ1) is 18.8. The summed E-state index contributed by atoms with van der Waals surface area (Å²) in [5.74, 6) is 0.802. The van der Waals surface area contributed by atoms with Gasteiger partial charge >= 0.3 is 0 Å². The van der Waals surface area contributed by atoms with Crippen LogP contribution < -0.4 is 5.32 Å². The number of pyridine rings is 1. The van der Waals surface area contributed by atoms with Crippen LogP contribution >= 0.6 is 0 Å². The zero-order valence-corrected chi connectivity index (χ0v) is 15.8. The summed E-state index contributed by atoms with van der Waals surface area (Å²) in [7, 11) is 1.93. The number of carbonyl (C=O) groups excluding carboxylic acids is 1. The predicted octanol–water partition coefficient (Wildman–Crippen LogP) is 2.68. The van der Waals surface area contributed by atoms with Gasteiger partial charge in [0.05, 0.1) is 5.60 Å². The van der Waals surface area contributed by atoms with Gasteiger partial charge in [0.15, 0.2) is 0 Å². The number of hydrogen-bond acceptors (Lipinski definition) is 4. The first-order chi connectivity index (χ1) is 12.8. The molecule has 6 heteroatoms. The van der Waals surface area contributed by atoms with Gasteiger partial charge in [0.25, 0.3) is 5.91 Å². The summed E-state index contributed by atoms with van der Waals surface area (Å²) in [6.45, 7) is 3.96. The maximum Gasteiger partial charge on any atom is 0.251 e. The van der Waals surface area contributed by atoms with Crippen molar-refractivity contribution in [3.63, 3.8) is 0 Å². The Morgan fingerprint density at radius 1 is 1.22 bits per heavy atom. The number of amides is 1. The van der Waals surface area contributed by atoms with Crippen molar-refractivity contribution in [2.45, 2.75) is 25.9 Å². The van der Waals surface area contributed by atoms with E-state index in [1.807, 2.05) is 42.1 Å². The van der Waals surface area contributed by atoms with Gasteiger partial charge in [0.2, 0.25) is 0 Å². The van der Waals surface area contributed by atoms with E-state index in [1.54, 1.807) is 38.5 Å². The highest BCUT2D eigenvalue weighted by atomic mass is 16.3. The van der Waals surface area contributed by atoms with Crippen LogP contribution in [0.3, 0.4) is 0 Å². The standard InChI is InChI=1S/C21H24N4O2/c1-21(2,27)18-12-17(13-22-14-18)15-5-4-6-16(11-15)20(26)24-8-7-19-23-9-10-25(19)3/h4-6,9-14,27H,7-8H2,1-3H3,(H,24,26). The van der Waals surface area contributed by atoms with Crippen LogP contribution in [0, 0.1) is 0 Å². The van der Waals surface area contributed by atoms with Crippen LogP contribution in [0.4, 0.5) is 0 Å². The van der Waals surface area contributed by atoms with Crippen molar-refractivity contribution in [1.82, 2.24) is 19.9 Å². The number of nitrogens with one attached hydrogen (secondary N) is 1. The first-order valence-corrected chi connectivity index (χ1v) is 8.87. The molecule has 0 saturated carbocycles. The maximum atomic E-state index is 12.5. The number of hydrogen-bond donors (Lipinski definition) is 2. The van der Waals surface area contributed by atoms with E-state index >= 15 is 0 Å². The highest BCUT2D eigenvalue weighted by Crippen LogP contribution is 2.25. The van der Waals surface area contributed by atoms with E-state index in [4.69, 9.17) is 0 Å². The van der Waals surface area contributed by atoms with Crippen LogP contribution in [0.2, 0.25) is 0 Å². The normalized spacial score (nSPS) is 11.4. The molecule has 0 spiro atoms. The highest BCUT2D eigenvalue weighted by Gasteiger charge is 2.17. The Bertz CT molecular complexity index is 941. The number of nitrogens with zero attached hydrogens (tertiary/aromatic N) is 3. The predicted molar refractivity (Wildman–Crippen MR) is 104 cm³/mol. The first-order valence-electron chi connectivity index (χ1n) is 8.87. The lowest BCUT2D eigenvalue weighted by molar-refractivity contribution is 0.0782. The molecule has 0 radical (unpaired) electrons. The van der Waals surface area contributed by atoms with Crippen molar-refractivity contribution in [3.8, 4) is 11.1 Å². The number of benzene rings is 1. The quantitative estimate of drug-likeness (QED) is 0.705. The molecule has 0 fully saturated rings. The second kappa shape index (κ2) is 7.72. The minimum atomic E-state index is -0.969. The molecule has 0 aliphatic heterocycles. The van der Waals surface area contributed by atoms with Gasteiger partial charge in [-0.3, -0.25) is 9.78 Å². The smallest absolute Gasteiger partial charge is 0.251 e. The fourth-order valence-corrected chi connectivity index (χ4v) is 2.80. The Morgan fingerprint density at radius 3 is 2.74 bits per heavy atom. The lowest BCUT2D eigenvalue weighted by Crippen LogP contribution is -2.26. The van der Waals surface area contributed by atoms with E-state index < -0.39 is 5.60 Å². The van der Waals surface area contributed by atoms with Crippen LogP contribution in [0.15, 0.2) is 55.1 Å². The van der Waals surface area contributed by atoms with Crippen LogP contribution in [0.25, 0.3) is 11.1 Å². The summed E-state index contributed by atoms with van der Waals surface area (Å²) >= 11 is 0. The Kier molecular flexibility index (Phi) is 5.37. The minimum Gasteiger partial charge on any atom is -0.386 e. The zero-order valence-electron chi connectivity index (χ0n) is 15.8. The van der Waals surface area contributed by atoms with Crippen molar-refractivity contribution >= 4 is 5.91 Å². The largest absolute Gasteiger partial charge is 0.386 e. The van der Waals surface area contributed by atoms with Gasteiger partial charge in [0, 0.05) is 61.5 Å². The second-order valence-electron chi connectivity index (χ2n) is 7.06. The van der Waals surface area contributed by atoms with Gasteiger partial charge in [0.1, 0.15) is 5.82 Å². The lowest BCUT2D eigenvalue weighted by Gasteiger charge is -2.18. The molecule has 0 bridgehead atoms. The van der Waals surface area contributed by atoms with Crippen LogP contribution in [0.5, 0.6) is 0 Å². The van der Waals surface area contributed by atoms with E-state index in [0.29, 0.717) is 18.5 Å². The van der Waals surface area contributed by atoms with E-state index in [0.717, 1.165) is 22.5 Å². The summed E-state index contributed by atoms with van der Waals surface area (Å²) < 4.78 is 1.94. The van der Waals surface area contributed by atoms with Crippen LogP contribution in [-0.4, -0.2) is 32.1 Å². The second-order valence-corrected chi connectivity index (χ2v) is 7.06. The Hall–Kier alpha value is -2.99. The summed E-state index contributed by atoms with van der Waals surface area (Å²) in [6, 6.07) is 9.29. The maximum absolute atomic E-state index is 12.5. The Balaban J connectivity index is 1.71. The van der Waals surface area contributed by atoms with Gasteiger partial charge in [-0.15, -0.1) is 0 Å². The number of carbonyl (C=O) groups is 1. The zero-order chi connectivity index (χ0) is 19.4. The van der Waals surface area contributed by atoms with Gasteiger partial charge in [-0.1, -0.05) is 12.1 Å². The molecule has 0 aliphatic carbocycles. The molecule has 0 saturated heterocycles. The molecule has 1 amide bonds. The van der Waals surface area contributed by atoms with Crippen molar-refractivity contribution in [1.29, 1.82) is 0 Å². The summed E-state index contributed by atoms with van der Waals surface area (Å²) in [6.07, 6.45) is 7.68. The van der Waals surface area contributed by atoms with Crippen molar-refractivity contribution < 1.29 is 9.90 Å². The van der Waals surface area contributed by atoms with Gasteiger partial charge in [-0.05, 0) is 37.6 Å². The van der Waals surface area contributed by atoms with Crippen molar-refractivity contribution in [3.05, 3.63) is 72.1 Å². The summed E-state index contributed by atoms with van der Waals surface area (Å²) in [5.41, 5.74) is 2.08. The average molecular weight is 364 g/mol. The monoisotopic (exact) mass is 364 g/mol.